The first-order valence-electron chi connectivity index (χ1n) is 10.4. The summed E-state index contributed by atoms with van der Waals surface area (Å²) < 4.78 is 0. The average Bonchev–Trinajstić information content (AvgIpc) is 2.63. The van der Waals surface area contributed by atoms with E-state index in [1.165, 1.54) is 18.9 Å². The van der Waals surface area contributed by atoms with E-state index < -0.39 is 18.2 Å². The molecule has 0 aliphatic rings. The predicted molar refractivity (Wildman–Crippen MR) is 107 cm³/mol. The number of phenols is 1. The lowest BCUT2D eigenvalue weighted by Crippen LogP contribution is -2.25. The molecule has 5 nitrogen and oxygen atoms in total. The van der Waals surface area contributed by atoms with Gasteiger partial charge < -0.3 is 20.4 Å². The number of aromatic carboxylic acids is 1. The zero-order valence-electron chi connectivity index (χ0n) is 16.6. The number of aliphatic hydroxyl groups is 2. The predicted octanol–water partition coefficient (Wildman–Crippen LogP) is 4.67. The fourth-order valence-electron chi connectivity index (χ4n) is 3.41. The van der Waals surface area contributed by atoms with Gasteiger partial charge in [0, 0.05) is 0 Å². The molecule has 0 spiro atoms. The van der Waals surface area contributed by atoms with Crippen molar-refractivity contribution in [1.29, 1.82) is 0 Å². The molecule has 2 atom stereocenters. The van der Waals surface area contributed by atoms with E-state index >= 15 is 0 Å². The fourth-order valence-corrected chi connectivity index (χ4v) is 3.41. The van der Waals surface area contributed by atoms with Crippen LogP contribution in [0.3, 0.4) is 0 Å². The second-order valence-electron chi connectivity index (χ2n) is 7.41. The topological polar surface area (TPSA) is 98.0 Å². The smallest absolute Gasteiger partial charge is 0.339 e. The number of unbranched alkanes of at least 4 members (excludes halogenated alkanes) is 7. The average molecular weight is 381 g/mol. The van der Waals surface area contributed by atoms with E-state index in [0.29, 0.717) is 24.8 Å². The Morgan fingerprint density at radius 2 is 1.44 bits per heavy atom. The quantitative estimate of drug-likeness (QED) is 0.332. The molecule has 0 saturated carbocycles. The minimum absolute atomic E-state index is 0.00791. The van der Waals surface area contributed by atoms with Crippen LogP contribution in [0.2, 0.25) is 0 Å². The van der Waals surface area contributed by atoms with Gasteiger partial charge in [0.1, 0.15) is 11.3 Å². The van der Waals surface area contributed by atoms with Gasteiger partial charge in [-0.1, -0.05) is 70.4 Å². The number of carboxylic acids is 1. The summed E-state index contributed by atoms with van der Waals surface area (Å²) in [5.41, 5.74) is 0.678. The highest BCUT2D eigenvalue weighted by Crippen LogP contribution is 2.23. The van der Waals surface area contributed by atoms with E-state index in [1.54, 1.807) is 12.1 Å². The zero-order chi connectivity index (χ0) is 20.1. The van der Waals surface area contributed by atoms with Gasteiger partial charge in [0.25, 0.3) is 0 Å². The summed E-state index contributed by atoms with van der Waals surface area (Å²) in [4.78, 5) is 11.2. The Morgan fingerprint density at radius 1 is 0.889 bits per heavy atom. The highest BCUT2D eigenvalue weighted by atomic mass is 16.4. The second kappa shape index (κ2) is 13.6. The first-order chi connectivity index (χ1) is 13.0. The van der Waals surface area contributed by atoms with Crippen LogP contribution in [0, 0.1) is 0 Å². The Labute approximate surface area is 163 Å². The van der Waals surface area contributed by atoms with Crippen molar-refractivity contribution in [2.24, 2.45) is 0 Å². The van der Waals surface area contributed by atoms with Gasteiger partial charge in [0.15, 0.2) is 0 Å². The van der Waals surface area contributed by atoms with Crippen LogP contribution in [0.4, 0.5) is 0 Å². The number of benzene rings is 1. The van der Waals surface area contributed by atoms with Crippen molar-refractivity contribution in [3.05, 3.63) is 29.3 Å². The Bertz CT molecular complexity index is 544. The second-order valence-corrected chi connectivity index (χ2v) is 7.41. The molecule has 0 fully saturated rings. The number of aromatic hydroxyl groups is 1. The SMILES string of the molecule is CCCCCCC(O)C(O)CCCCCCCc1cccc(O)c1C(=O)O. The van der Waals surface area contributed by atoms with Crippen LogP contribution < -0.4 is 0 Å². The summed E-state index contributed by atoms with van der Waals surface area (Å²) in [6, 6.07) is 4.82. The normalized spacial score (nSPS) is 13.4. The minimum atomic E-state index is -1.09. The van der Waals surface area contributed by atoms with Crippen LogP contribution >= 0.6 is 0 Å². The maximum atomic E-state index is 11.2. The molecule has 1 rings (SSSR count). The molecule has 0 aromatic heterocycles. The molecule has 0 radical (unpaired) electrons. The maximum Gasteiger partial charge on any atom is 0.339 e. The molecule has 4 N–H and O–H groups in total. The van der Waals surface area contributed by atoms with Gasteiger partial charge in [-0.3, -0.25) is 0 Å². The lowest BCUT2D eigenvalue weighted by atomic mass is 9.98. The Morgan fingerprint density at radius 3 is 2.04 bits per heavy atom. The zero-order valence-corrected chi connectivity index (χ0v) is 16.6. The van der Waals surface area contributed by atoms with Crippen LogP contribution in [0.1, 0.15) is 93.5 Å². The van der Waals surface area contributed by atoms with Gasteiger partial charge in [-0.2, -0.15) is 0 Å². The fraction of sp³-hybridized carbons (Fsp3) is 0.682. The first-order valence-corrected chi connectivity index (χ1v) is 10.4. The standard InChI is InChI=1S/C22H36O5/c1-2-3-4-9-14-18(23)19(24)15-10-7-5-6-8-12-17-13-11-16-20(25)21(17)22(26)27/h11,13,16,18-19,23-25H,2-10,12,14-15H2,1H3,(H,26,27). The van der Waals surface area contributed by atoms with E-state index in [0.717, 1.165) is 44.9 Å². The van der Waals surface area contributed by atoms with E-state index in [2.05, 4.69) is 6.92 Å². The van der Waals surface area contributed by atoms with Crippen LogP contribution in [-0.2, 0) is 6.42 Å². The van der Waals surface area contributed by atoms with Gasteiger partial charge in [-0.25, -0.2) is 4.79 Å². The van der Waals surface area contributed by atoms with Gasteiger partial charge in [0.05, 0.1) is 12.2 Å². The summed E-state index contributed by atoms with van der Waals surface area (Å²) in [5.74, 6) is -1.27. The summed E-state index contributed by atoms with van der Waals surface area (Å²) in [6.07, 6.45) is 9.88. The number of hydrogen-bond acceptors (Lipinski definition) is 4. The number of carboxylic acid groups (broad SMARTS) is 1. The molecule has 0 saturated heterocycles. The molecular formula is C22H36O5. The number of hydrogen-bond donors (Lipinski definition) is 4. The number of aryl methyl sites for hydroxylation is 1. The molecule has 27 heavy (non-hydrogen) atoms. The third-order valence-electron chi connectivity index (χ3n) is 5.09. The number of rotatable bonds is 15. The molecule has 0 aliphatic heterocycles. The Hall–Kier alpha value is -1.59. The lowest BCUT2D eigenvalue weighted by molar-refractivity contribution is 0.00713. The van der Waals surface area contributed by atoms with Crippen LogP contribution in [0.15, 0.2) is 18.2 Å². The van der Waals surface area contributed by atoms with Gasteiger partial charge in [-0.05, 0) is 37.3 Å². The van der Waals surface area contributed by atoms with E-state index in [1.807, 2.05) is 0 Å². The molecule has 0 bridgehead atoms. The Kier molecular flexibility index (Phi) is 11.8. The van der Waals surface area contributed by atoms with Crippen molar-refractivity contribution in [2.75, 3.05) is 0 Å². The summed E-state index contributed by atoms with van der Waals surface area (Å²) in [6.45, 7) is 2.15. The molecule has 5 heteroatoms. The molecule has 154 valence electrons. The highest BCUT2D eigenvalue weighted by molar-refractivity contribution is 5.92. The highest BCUT2D eigenvalue weighted by Gasteiger charge is 2.16. The van der Waals surface area contributed by atoms with Gasteiger partial charge in [0.2, 0.25) is 0 Å². The first kappa shape index (κ1) is 23.4. The molecule has 0 aliphatic carbocycles. The van der Waals surface area contributed by atoms with Crippen molar-refractivity contribution in [2.45, 2.75) is 96.2 Å². The van der Waals surface area contributed by atoms with Crippen LogP contribution in [0.5, 0.6) is 5.75 Å². The lowest BCUT2D eigenvalue weighted by Gasteiger charge is -2.17. The maximum absolute atomic E-state index is 11.2. The molecule has 0 amide bonds. The summed E-state index contributed by atoms with van der Waals surface area (Å²) in [7, 11) is 0. The molecular weight excluding hydrogens is 344 g/mol. The monoisotopic (exact) mass is 380 g/mol. The van der Waals surface area contributed by atoms with E-state index in [-0.39, 0.29) is 11.3 Å². The van der Waals surface area contributed by atoms with Gasteiger partial charge in [-0.15, -0.1) is 0 Å². The van der Waals surface area contributed by atoms with Crippen molar-refractivity contribution in [3.8, 4) is 5.75 Å². The van der Waals surface area contributed by atoms with E-state index in [9.17, 15) is 25.2 Å². The molecule has 1 aromatic rings. The van der Waals surface area contributed by atoms with Crippen molar-refractivity contribution in [3.63, 3.8) is 0 Å². The molecule has 1 aromatic carbocycles. The largest absolute Gasteiger partial charge is 0.507 e. The number of aliphatic hydroxyl groups excluding tert-OH is 2. The third-order valence-corrected chi connectivity index (χ3v) is 5.09. The Balaban J connectivity index is 2.14. The van der Waals surface area contributed by atoms with Crippen molar-refractivity contribution < 1.29 is 25.2 Å². The minimum Gasteiger partial charge on any atom is -0.507 e. The third kappa shape index (κ3) is 9.25. The van der Waals surface area contributed by atoms with Crippen LogP contribution in [0.25, 0.3) is 0 Å². The van der Waals surface area contributed by atoms with Gasteiger partial charge >= 0.3 is 5.97 Å². The van der Waals surface area contributed by atoms with Crippen molar-refractivity contribution in [1.82, 2.24) is 0 Å². The number of carbonyl (C=O) groups is 1. The van der Waals surface area contributed by atoms with E-state index in [4.69, 9.17) is 0 Å². The molecule has 2 unspecified atom stereocenters. The summed E-state index contributed by atoms with van der Waals surface area (Å²) >= 11 is 0. The summed E-state index contributed by atoms with van der Waals surface area (Å²) in [5, 5.41) is 38.8. The molecule has 0 heterocycles. The van der Waals surface area contributed by atoms with Crippen molar-refractivity contribution >= 4 is 5.97 Å². The van der Waals surface area contributed by atoms with Crippen LogP contribution in [-0.4, -0.2) is 38.6 Å².